The minimum absolute atomic E-state index is 0.437. The number of aliphatic hydroxyl groups excluding tert-OH is 3. The highest BCUT2D eigenvalue weighted by Crippen LogP contribution is 2.25. The zero-order valence-corrected chi connectivity index (χ0v) is 16.2. The molecular formula is C18H26N6O5. The number of fused-ring (bicyclic) bond motifs is 1. The molecule has 7 N–H and O–H groups in total. The van der Waals surface area contributed by atoms with Gasteiger partial charge in [-0.1, -0.05) is 0 Å². The number of carbonyl (C=O) groups is 1. The quantitative estimate of drug-likeness (QED) is 0.315. The lowest BCUT2D eigenvalue weighted by atomic mass is 9.95. The molecule has 11 nitrogen and oxygen atoms in total. The van der Waals surface area contributed by atoms with Gasteiger partial charge in [-0.05, 0) is 32.9 Å². The fourth-order valence-electron chi connectivity index (χ4n) is 3.91. The molecule has 0 aliphatic carbocycles. The van der Waals surface area contributed by atoms with Crippen LogP contribution in [0.1, 0.15) is 19.0 Å². The van der Waals surface area contributed by atoms with E-state index in [9.17, 15) is 20.1 Å². The number of aryl methyl sites for hydroxylation is 1. The zero-order chi connectivity index (χ0) is 20.7. The SMILES string of the molecule is Cc1cc2ncnc(N[C@H]3O[C@@H](C)[C@H](NC(=O)[C@@H]4NCC[C@@H]4O)[C@@H](O)[C@@H]3O)c2[nH]1. The largest absolute Gasteiger partial charge is 0.391 e. The number of hydrogen-bond donors (Lipinski definition) is 7. The summed E-state index contributed by atoms with van der Waals surface area (Å²) < 4.78 is 5.84. The average molecular weight is 406 g/mol. The lowest BCUT2D eigenvalue weighted by Gasteiger charge is -2.42. The Bertz CT molecular complexity index is 891. The van der Waals surface area contributed by atoms with Gasteiger partial charge in [0.2, 0.25) is 5.91 Å². The Kier molecular flexibility index (Phi) is 5.40. The number of rotatable bonds is 4. The third-order valence-electron chi connectivity index (χ3n) is 5.51. The van der Waals surface area contributed by atoms with Gasteiger partial charge in [0.1, 0.15) is 30.1 Å². The van der Waals surface area contributed by atoms with Crippen molar-refractivity contribution in [3.8, 4) is 0 Å². The van der Waals surface area contributed by atoms with Gasteiger partial charge in [0.05, 0.1) is 23.8 Å². The first kappa shape index (κ1) is 20.0. The molecule has 0 radical (unpaired) electrons. The van der Waals surface area contributed by atoms with Crippen LogP contribution in [0.5, 0.6) is 0 Å². The van der Waals surface area contributed by atoms with E-state index in [2.05, 4.69) is 30.9 Å². The molecular weight excluding hydrogens is 380 g/mol. The Balaban J connectivity index is 1.46. The Morgan fingerprint density at radius 1 is 1.28 bits per heavy atom. The van der Waals surface area contributed by atoms with Crippen LogP contribution in [0.15, 0.2) is 12.4 Å². The number of carbonyl (C=O) groups excluding carboxylic acids is 1. The number of ether oxygens (including phenoxy) is 1. The van der Waals surface area contributed by atoms with E-state index in [0.717, 1.165) is 5.69 Å². The predicted molar refractivity (Wildman–Crippen MR) is 103 cm³/mol. The number of aromatic nitrogens is 3. The van der Waals surface area contributed by atoms with Crippen LogP contribution in [0.3, 0.4) is 0 Å². The van der Waals surface area contributed by atoms with E-state index in [1.165, 1.54) is 6.33 Å². The standard InChI is InChI=1S/C18H26N6O5/c1-7-5-9-12(22-7)16(21-6-20-9)24-18-15(27)14(26)11(8(2)29-18)23-17(28)13-10(25)3-4-19-13/h5-6,8,10-11,13-15,18-19,22,25-27H,3-4H2,1-2H3,(H,23,28)(H,20,21,24)/t8-,10-,11-,13+,14+,15-,18-/m0/s1. The summed E-state index contributed by atoms with van der Waals surface area (Å²) in [7, 11) is 0. The highest BCUT2D eigenvalue weighted by atomic mass is 16.5. The first-order valence-electron chi connectivity index (χ1n) is 9.65. The molecule has 2 aromatic rings. The van der Waals surface area contributed by atoms with Crippen LogP contribution in [0.25, 0.3) is 11.0 Å². The second kappa shape index (κ2) is 7.84. The molecule has 158 valence electrons. The highest BCUT2D eigenvalue weighted by Gasteiger charge is 2.45. The minimum atomic E-state index is -1.32. The van der Waals surface area contributed by atoms with Crippen molar-refractivity contribution in [3.05, 3.63) is 18.1 Å². The van der Waals surface area contributed by atoms with Crippen molar-refractivity contribution in [1.29, 1.82) is 0 Å². The van der Waals surface area contributed by atoms with Crippen LogP contribution < -0.4 is 16.0 Å². The first-order valence-corrected chi connectivity index (χ1v) is 9.65. The van der Waals surface area contributed by atoms with Crippen molar-refractivity contribution >= 4 is 22.8 Å². The Morgan fingerprint density at radius 3 is 2.79 bits per heavy atom. The Morgan fingerprint density at radius 2 is 2.07 bits per heavy atom. The van der Waals surface area contributed by atoms with Crippen LogP contribution in [-0.2, 0) is 9.53 Å². The number of H-pyrrole nitrogens is 1. The summed E-state index contributed by atoms with van der Waals surface area (Å²) in [6.45, 7) is 4.13. The molecule has 7 atom stereocenters. The van der Waals surface area contributed by atoms with Gasteiger partial charge in [-0.2, -0.15) is 0 Å². The molecule has 29 heavy (non-hydrogen) atoms. The van der Waals surface area contributed by atoms with E-state index in [1.807, 2.05) is 13.0 Å². The van der Waals surface area contributed by atoms with Crippen LogP contribution in [0, 0.1) is 6.92 Å². The van der Waals surface area contributed by atoms with Gasteiger partial charge in [-0.25, -0.2) is 9.97 Å². The average Bonchev–Trinajstić information content (AvgIpc) is 3.28. The zero-order valence-electron chi connectivity index (χ0n) is 16.2. The number of aromatic amines is 1. The van der Waals surface area contributed by atoms with E-state index < -0.39 is 48.6 Å². The van der Waals surface area contributed by atoms with E-state index in [4.69, 9.17) is 4.74 Å². The number of anilines is 1. The summed E-state index contributed by atoms with van der Waals surface area (Å²) in [6, 6.07) is 0.297. The van der Waals surface area contributed by atoms with E-state index in [-0.39, 0.29) is 0 Å². The molecule has 4 heterocycles. The molecule has 4 rings (SSSR count). The van der Waals surface area contributed by atoms with Gasteiger partial charge in [0.25, 0.3) is 0 Å². The second-order valence-corrected chi connectivity index (χ2v) is 7.64. The number of nitrogens with zero attached hydrogens (tertiary/aromatic N) is 2. The lowest BCUT2D eigenvalue weighted by Crippen LogP contribution is -2.65. The molecule has 2 saturated heterocycles. The van der Waals surface area contributed by atoms with Gasteiger partial charge in [0, 0.05) is 5.69 Å². The van der Waals surface area contributed by atoms with Crippen molar-refractivity contribution in [2.75, 3.05) is 11.9 Å². The number of amides is 1. The summed E-state index contributed by atoms with van der Waals surface area (Å²) >= 11 is 0. The van der Waals surface area contributed by atoms with Crippen LogP contribution in [-0.4, -0.2) is 85.5 Å². The van der Waals surface area contributed by atoms with Gasteiger partial charge in [0.15, 0.2) is 12.0 Å². The van der Waals surface area contributed by atoms with Crippen molar-refractivity contribution in [2.24, 2.45) is 0 Å². The van der Waals surface area contributed by atoms with Crippen molar-refractivity contribution in [1.82, 2.24) is 25.6 Å². The van der Waals surface area contributed by atoms with E-state index in [1.54, 1.807) is 6.92 Å². The molecule has 2 fully saturated rings. The van der Waals surface area contributed by atoms with Crippen molar-refractivity contribution in [3.63, 3.8) is 0 Å². The van der Waals surface area contributed by atoms with Gasteiger partial charge < -0.3 is 41.0 Å². The number of aliphatic hydroxyl groups is 3. The lowest BCUT2D eigenvalue weighted by molar-refractivity contribution is -0.173. The fourth-order valence-corrected chi connectivity index (χ4v) is 3.91. The number of nitrogens with one attached hydrogen (secondary N) is 4. The molecule has 1 amide bonds. The molecule has 0 bridgehead atoms. The third-order valence-corrected chi connectivity index (χ3v) is 5.51. The van der Waals surface area contributed by atoms with Crippen molar-refractivity contribution in [2.45, 2.75) is 63.0 Å². The summed E-state index contributed by atoms with van der Waals surface area (Å²) in [5.41, 5.74) is 2.29. The summed E-state index contributed by atoms with van der Waals surface area (Å²) in [6.07, 6.45) is -3.04. The maximum Gasteiger partial charge on any atom is 0.240 e. The molecule has 2 aliphatic heterocycles. The Labute approximate surface area is 166 Å². The van der Waals surface area contributed by atoms with Gasteiger partial charge >= 0.3 is 0 Å². The molecule has 0 saturated carbocycles. The number of hydrogen-bond acceptors (Lipinski definition) is 9. The summed E-state index contributed by atoms with van der Waals surface area (Å²) in [5, 5.41) is 39.7. The molecule has 11 heteroatoms. The van der Waals surface area contributed by atoms with E-state index >= 15 is 0 Å². The maximum atomic E-state index is 12.4. The van der Waals surface area contributed by atoms with Crippen molar-refractivity contribution < 1.29 is 24.9 Å². The minimum Gasteiger partial charge on any atom is -0.391 e. The van der Waals surface area contributed by atoms with Crippen LogP contribution >= 0.6 is 0 Å². The summed E-state index contributed by atoms with van der Waals surface area (Å²) in [4.78, 5) is 24.0. The van der Waals surface area contributed by atoms with Gasteiger partial charge in [-0.3, -0.25) is 4.79 Å². The predicted octanol–water partition coefficient (Wildman–Crippen LogP) is -1.65. The van der Waals surface area contributed by atoms with Crippen LogP contribution in [0.4, 0.5) is 5.82 Å². The molecule has 2 aliphatic rings. The maximum absolute atomic E-state index is 12.4. The fraction of sp³-hybridized carbons (Fsp3) is 0.611. The normalized spacial score (nSPS) is 35.0. The Hall–Kier alpha value is -2.31. The smallest absolute Gasteiger partial charge is 0.240 e. The monoisotopic (exact) mass is 406 g/mol. The van der Waals surface area contributed by atoms with E-state index in [0.29, 0.717) is 29.8 Å². The molecule has 2 aromatic heterocycles. The first-order chi connectivity index (χ1) is 13.8. The molecule has 0 unspecified atom stereocenters. The second-order valence-electron chi connectivity index (χ2n) is 7.64. The highest BCUT2D eigenvalue weighted by molar-refractivity contribution is 5.86. The third kappa shape index (κ3) is 3.79. The molecule has 0 spiro atoms. The topological polar surface area (TPSA) is 165 Å². The summed E-state index contributed by atoms with van der Waals surface area (Å²) in [5.74, 6) is -0.000192. The van der Waals surface area contributed by atoms with Crippen LogP contribution in [0.2, 0.25) is 0 Å². The van der Waals surface area contributed by atoms with Gasteiger partial charge in [-0.15, -0.1) is 0 Å². The molecule has 0 aromatic carbocycles.